The van der Waals surface area contributed by atoms with Gasteiger partial charge >= 0.3 is 0 Å². The first kappa shape index (κ1) is 25.5. The van der Waals surface area contributed by atoms with E-state index in [1.807, 2.05) is 41.5 Å². The molecule has 6 heterocycles. The van der Waals surface area contributed by atoms with E-state index >= 15 is 0 Å². The van der Waals surface area contributed by atoms with Crippen LogP contribution in [0.25, 0.3) is 0 Å². The summed E-state index contributed by atoms with van der Waals surface area (Å²) in [6.45, 7) is 18.9. The summed E-state index contributed by atoms with van der Waals surface area (Å²) in [7, 11) is 0. The summed E-state index contributed by atoms with van der Waals surface area (Å²) in [5.74, 6) is 2.06. The van der Waals surface area contributed by atoms with Crippen LogP contribution in [0.5, 0.6) is 0 Å². The quantitative estimate of drug-likeness (QED) is 0.681. The van der Waals surface area contributed by atoms with Crippen LogP contribution in [-0.4, -0.2) is 73.0 Å². The highest BCUT2D eigenvalue weighted by Gasteiger charge is 2.33. The molecule has 4 bridgehead atoms. The smallest absolute Gasteiger partial charge is 0.225 e. The lowest BCUT2D eigenvalue weighted by atomic mass is 9.92. The first-order valence-electron chi connectivity index (χ1n) is 13.0. The fraction of sp³-hybridized carbons (Fsp3) is 0.923. The number of carbonyl (C=O) groups excluding carboxylic acids is 2. The number of nitrogens with one attached hydrogen (secondary N) is 2. The van der Waals surface area contributed by atoms with Crippen molar-refractivity contribution in [1.29, 1.82) is 0 Å². The minimum Gasteiger partial charge on any atom is -0.352 e. The first-order valence-corrected chi connectivity index (χ1v) is 13.0. The molecule has 6 aliphatic heterocycles. The Labute approximate surface area is 196 Å². The predicted octanol–water partition coefficient (Wildman–Crippen LogP) is 3.27. The zero-order chi connectivity index (χ0) is 23.5. The van der Waals surface area contributed by atoms with Crippen LogP contribution in [0.2, 0.25) is 0 Å². The molecule has 2 N–H and O–H groups in total. The van der Waals surface area contributed by atoms with E-state index in [0.717, 1.165) is 24.9 Å². The maximum Gasteiger partial charge on any atom is 0.225 e. The number of hydrogen-bond acceptors (Lipinski definition) is 4. The molecular formula is C26H48N4O2. The second-order valence-electron chi connectivity index (χ2n) is 12.8. The summed E-state index contributed by atoms with van der Waals surface area (Å²) in [5, 5.41) is 6.44. The molecule has 0 aromatic rings. The minimum absolute atomic E-state index is 0.194. The van der Waals surface area contributed by atoms with Gasteiger partial charge in [0.15, 0.2) is 0 Å². The van der Waals surface area contributed by atoms with E-state index in [0.29, 0.717) is 12.1 Å². The van der Waals surface area contributed by atoms with Crippen molar-refractivity contribution >= 4 is 11.8 Å². The van der Waals surface area contributed by atoms with Crippen molar-refractivity contribution in [3.8, 4) is 0 Å². The fourth-order valence-corrected chi connectivity index (χ4v) is 5.40. The zero-order valence-corrected chi connectivity index (χ0v) is 21.5. The standard InChI is InChI=1S/2C13H24N2O/c2*1-13(2,3)12(16)14-11-8-10-4-6-15(9-11)7-5-10/h2*10-11H,4-9H2,1-3H3,(H,14,16). The highest BCUT2D eigenvalue weighted by molar-refractivity contribution is 5.82. The van der Waals surface area contributed by atoms with E-state index in [9.17, 15) is 9.59 Å². The molecule has 0 aromatic heterocycles. The minimum atomic E-state index is -0.263. The summed E-state index contributed by atoms with van der Waals surface area (Å²) >= 11 is 0. The van der Waals surface area contributed by atoms with Gasteiger partial charge in [0, 0.05) is 36.0 Å². The van der Waals surface area contributed by atoms with Crippen molar-refractivity contribution in [3.05, 3.63) is 0 Å². The Bertz CT molecular complexity index is 551. The van der Waals surface area contributed by atoms with Crippen molar-refractivity contribution in [3.63, 3.8) is 0 Å². The molecule has 0 radical (unpaired) electrons. The van der Waals surface area contributed by atoms with Crippen LogP contribution < -0.4 is 10.6 Å². The number of hydrogen-bond donors (Lipinski definition) is 2. The third-order valence-electron chi connectivity index (χ3n) is 7.64. The molecule has 0 aliphatic carbocycles. The van der Waals surface area contributed by atoms with Crippen LogP contribution in [-0.2, 0) is 9.59 Å². The van der Waals surface area contributed by atoms with Gasteiger partial charge in [-0.25, -0.2) is 0 Å². The lowest BCUT2D eigenvalue weighted by Crippen LogP contribution is -2.46. The number of carbonyl (C=O) groups is 2. The second-order valence-corrected chi connectivity index (χ2v) is 12.8. The summed E-state index contributed by atoms with van der Waals surface area (Å²) in [6, 6.07) is 0.753. The molecule has 0 saturated carbocycles. The van der Waals surface area contributed by atoms with Gasteiger partial charge in [-0.2, -0.15) is 0 Å². The molecule has 32 heavy (non-hydrogen) atoms. The number of fused-ring (bicyclic) bond motifs is 8. The molecule has 2 amide bonds. The topological polar surface area (TPSA) is 64.7 Å². The van der Waals surface area contributed by atoms with Crippen LogP contribution in [0.1, 0.15) is 80.1 Å². The van der Waals surface area contributed by atoms with E-state index in [4.69, 9.17) is 0 Å². The van der Waals surface area contributed by atoms with Gasteiger partial charge in [-0.1, -0.05) is 41.5 Å². The monoisotopic (exact) mass is 448 g/mol. The summed E-state index contributed by atoms with van der Waals surface area (Å²) in [6.07, 6.45) is 7.64. The van der Waals surface area contributed by atoms with Crippen molar-refractivity contribution in [2.75, 3.05) is 39.3 Å². The molecule has 6 saturated heterocycles. The van der Waals surface area contributed by atoms with E-state index in [2.05, 4.69) is 20.4 Å². The first-order chi connectivity index (χ1) is 14.9. The lowest BCUT2D eigenvalue weighted by Gasteiger charge is -2.26. The predicted molar refractivity (Wildman–Crippen MR) is 130 cm³/mol. The largest absolute Gasteiger partial charge is 0.352 e. The third-order valence-corrected chi connectivity index (χ3v) is 7.64. The third kappa shape index (κ3) is 7.44. The van der Waals surface area contributed by atoms with Crippen LogP contribution >= 0.6 is 0 Å². The molecule has 0 aromatic carbocycles. The van der Waals surface area contributed by atoms with Gasteiger partial charge in [-0.05, 0) is 76.5 Å². The van der Waals surface area contributed by atoms with Gasteiger partial charge in [0.25, 0.3) is 0 Å². The molecule has 6 aliphatic rings. The molecular weight excluding hydrogens is 400 g/mol. The molecule has 6 heteroatoms. The lowest BCUT2D eigenvalue weighted by molar-refractivity contribution is -0.130. The Morgan fingerprint density at radius 3 is 1.22 bits per heavy atom. The summed E-state index contributed by atoms with van der Waals surface area (Å²) < 4.78 is 0. The molecule has 6 fully saturated rings. The second kappa shape index (κ2) is 10.4. The molecule has 0 spiro atoms. The Hall–Kier alpha value is -1.14. The van der Waals surface area contributed by atoms with Crippen LogP contribution in [0.15, 0.2) is 0 Å². The number of nitrogens with zero attached hydrogens (tertiary/aromatic N) is 2. The molecule has 2 unspecified atom stereocenters. The average molecular weight is 449 g/mol. The van der Waals surface area contributed by atoms with Gasteiger partial charge in [-0.3, -0.25) is 9.59 Å². The Morgan fingerprint density at radius 2 is 0.938 bits per heavy atom. The van der Waals surface area contributed by atoms with Crippen molar-refractivity contribution in [2.24, 2.45) is 22.7 Å². The number of rotatable bonds is 2. The normalized spacial score (nSPS) is 34.6. The number of amides is 2. The number of piperidine rings is 2. The highest BCUT2D eigenvalue weighted by Crippen LogP contribution is 2.28. The van der Waals surface area contributed by atoms with Crippen molar-refractivity contribution in [1.82, 2.24) is 20.4 Å². The average Bonchev–Trinajstić information content (AvgIpc) is 3.16. The van der Waals surface area contributed by atoms with Crippen LogP contribution in [0, 0.1) is 22.7 Å². The Balaban J connectivity index is 0.000000181. The Kier molecular flexibility index (Phi) is 8.30. The summed E-state index contributed by atoms with van der Waals surface area (Å²) in [5.41, 5.74) is -0.526. The highest BCUT2D eigenvalue weighted by atomic mass is 16.2. The molecule has 2 atom stereocenters. The Morgan fingerprint density at radius 1 is 0.625 bits per heavy atom. The van der Waals surface area contributed by atoms with E-state index in [-0.39, 0.29) is 22.6 Å². The van der Waals surface area contributed by atoms with Gasteiger partial charge in [0.05, 0.1) is 0 Å². The SMILES string of the molecule is CC(C)(C)C(=O)NC1CC2CCN(CC2)C1.CC(C)(C)C(=O)NC1CC2CCN(CC2)C1. The maximum atomic E-state index is 11.9. The van der Waals surface area contributed by atoms with E-state index in [1.165, 1.54) is 64.7 Å². The van der Waals surface area contributed by atoms with Gasteiger partial charge < -0.3 is 20.4 Å². The van der Waals surface area contributed by atoms with Gasteiger partial charge in [-0.15, -0.1) is 0 Å². The zero-order valence-electron chi connectivity index (χ0n) is 21.5. The van der Waals surface area contributed by atoms with Crippen molar-refractivity contribution in [2.45, 2.75) is 92.2 Å². The maximum absolute atomic E-state index is 11.9. The van der Waals surface area contributed by atoms with Crippen molar-refractivity contribution < 1.29 is 9.59 Å². The van der Waals surface area contributed by atoms with Crippen LogP contribution in [0.3, 0.4) is 0 Å². The molecule has 6 rings (SSSR count). The molecule has 184 valence electrons. The van der Waals surface area contributed by atoms with Gasteiger partial charge in [0.2, 0.25) is 11.8 Å². The summed E-state index contributed by atoms with van der Waals surface area (Å²) in [4.78, 5) is 28.9. The van der Waals surface area contributed by atoms with Crippen LogP contribution in [0.4, 0.5) is 0 Å². The van der Waals surface area contributed by atoms with E-state index in [1.54, 1.807) is 0 Å². The molecule has 6 nitrogen and oxygen atoms in total. The van der Waals surface area contributed by atoms with Gasteiger partial charge in [0.1, 0.15) is 0 Å². The van der Waals surface area contributed by atoms with E-state index < -0.39 is 0 Å². The fourth-order valence-electron chi connectivity index (χ4n) is 5.40.